The van der Waals surface area contributed by atoms with Crippen LogP contribution in [0.1, 0.15) is 232 Å². The van der Waals surface area contributed by atoms with Gasteiger partial charge in [0.25, 0.3) is 0 Å². The van der Waals surface area contributed by atoms with Gasteiger partial charge < -0.3 is 33.3 Å². The highest BCUT2D eigenvalue weighted by Gasteiger charge is 2.22. The Morgan fingerprint density at radius 2 is 0.826 bits per heavy atom. The number of unbranched alkanes of at least 4 members (excludes halogenated alkanes) is 24. The topological polar surface area (TPSA) is 111 Å². The van der Waals surface area contributed by atoms with Crippen LogP contribution in [0, 0.1) is 0 Å². The van der Waals surface area contributed by atoms with Crippen molar-refractivity contribution in [2.75, 3.05) is 47.5 Å². The lowest BCUT2D eigenvalue weighted by Gasteiger charge is -2.26. The van der Waals surface area contributed by atoms with Crippen LogP contribution in [0.2, 0.25) is 0 Å². The molecule has 0 amide bonds. The minimum absolute atomic E-state index is 0.143. The maximum absolute atomic E-state index is 12.8. The first-order valence-corrected chi connectivity index (χ1v) is 28.1. The molecule has 0 aliphatic carbocycles. The molecule has 69 heavy (non-hydrogen) atoms. The van der Waals surface area contributed by atoms with Crippen LogP contribution < -0.4 is 5.11 Å². The number of ether oxygens (including phenoxy) is 4. The lowest BCUT2D eigenvalue weighted by molar-refractivity contribution is -0.870. The Bertz CT molecular complexity index is 1360. The van der Waals surface area contributed by atoms with Gasteiger partial charge in [0.15, 0.2) is 12.4 Å². The fourth-order valence-electron chi connectivity index (χ4n) is 7.62. The number of nitrogens with zero attached hydrogens (tertiary/aromatic N) is 1. The lowest BCUT2D eigenvalue weighted by atomic mass is 10.0. The van der Waals surface area contributed by atoms with Crippen molar-refractivity contribution in [2.24, 2.45) is 0 Å². The summed E-state index contributed by atoms with van der Waals surface area (Å²) < 4.78 is 22.7. The molecule has 9 nitrogen and oxygen atoms in total. The molecular formula is C60H105NO8. The first-order chi connectivity index (χ1) is 33.6. The summed E-state index contributed by atoms with van der Waals surface area (Å²) in [4.78, 5) is 37.3. The number of carboxylic acids is 1. The van der Waals surface area contributed by atoms with Crippen molar-refractivity contribution in [2.45, 2.75) is 245 Å². The van der Waals surface area contributed by atoms with Crippen molar-refractivity contribution >= 4 is 17.9 Å². The SMILES string of the molecule is CC/C=C\C/C=C\C/C=C\C/C=C\CCCCCCCCCCC(=O)OC(COC(=O)CCCCCCCCCCCCC/C=C\C/C=C\CCCCCCC)COC(OCC[N+](C)(C)C)C(=O)[O-]. The number of likely N-dealkylation sites (N-methyl/N-ethyl adjacent to an activating group) is 1. The Morgan fingerprint density at radius 1 is 0.449 bits per heavy atom. The summed E-state index contributed by atoms with van der Waals surface area (Å²) in [5.74, 6) is -2.30. The average molecular weight is 968 g/mol. The van der Waals surface area contributed by atoms with E-state index in [2.05, 4.69) is 86.8 Å². The highest BCUT2D eigenvalue weighted by molar-refractivity contribution is 5.70. The standard InChI is InChI=1S/C60H105NO8/c1-6-8-10-12-14-16-18-20-22-24-26-28-29-31-32-34-36-38-40-42-44-46-48-50-57(62)67-54-56(55-68-60(59(64)65)66-53-52-61(3,4)5)69-58(63)51-49-47-45-43-41-39-37-35-33-30-27-25-23-21-19-17-15-13-11-9-7-2/h9,11,15,17-18,20-21,23-24,26-27,30,56,60H,6-8,10,12-14,16,19,22,25,28-29,31-55H2,1-5H3/b11-9-,17-15-,20-18-,23-21-,26-24-,30-27-. The van der Waals surface area contributed by atoms with Gasteiger partial charge in [-0.1, -0.05) is 209 Å². The molecule has 0 aliphatic heterocycles. The third-order valence-electron chi connectivity index (χ3n) is 11.9. The van der Waals surface area contributed by atoms with Crippen LogP contribution in [0.4, 0.5) is 0 Å². The van der Waals surface area contributed by atoms with Crippen LogP contribution in [0.3, 0.4) is 0 Å². The van der Waals surface area contributed by atoms with Gasteiger partial charge in [-0.25, -0.2) is 0 Å². The van der Waals surface area contributed by atoms with Crippen LogP contribution in [0.5, 0.6) is 0 Å². The molecule has 398 valence electrons. The summed E-state index contributed by atoms with van der Waals surface area (Å²) in [5.41, 5.74) is 0. The largest absolute Gasteiger partial charge is 0.545 e. The molecule has 0 fully saturated rings. The predicted octanol–water partition coefficient (Wildman–Crippen LogP) is 14.9. The number of carbonyl (C=O) groups excluding carboxylic acids is 3. The minimum Gasteiger partial charge on any atom is -0.545 e. The van der Waals surface area contributed by atoms with E-state index in [0.717, 1.165) is 77.0 Å². The number of esters is 2. The molecule has 2 atom stereocenters. The number of rotatable bonds is 51. The van der Waals surface area contributed by atoms with Gasteiger partial charge in [0, 0.05) is 12.8 Å². The van der Waals surface area contributed by atoms with Crippen LogP contribution in [-0.4, -0.2) is 82.3 Å². The molecule has 0 N–H and O–H groups in total. The fraction of sp³-hybridized carbons (Fsp3) is 0.750. The zero-order valence-corrected chi connectivity index (χ0v) is 45.2. The van der Waals surface area contributed by atoms with Gasteiger partial charge >= 0.3 is 11.9 Å². The number of hydrogen-bond donors (Lipinski definition) is 0. The lowest BCUT2D eigenvalue weighted by Crippen LogP contribution is -2.44. The van der Waals surface area contributed by atoms with E-state index in [0.29, 0.717) is 17.4 Å². The zero-order chi connectivity index (χ0) is 50.6. The molecule has 0 bridgehead atoms. The summed E-state index contributed by atoms with van der Waals surface area (Å²) in [6.45, 7) is 4.62. The number of hydrogen-bond acceptors (Lipinski definition) is 8. The highest BCUT2D eigenvalue weighted by atomic mass is 16.7. The highest BCUT2D eigenvalue weighted by Crippen LogP contribution is 2.15. The van der Waals surface area contributed by atoms with Gasteiger partial charge in [0.05, 0.1) is 40.3 Å². The Balaban J connectivity index is 4.29. The molecule has 0 radical (unpaired) electrons. The molecule has 0 aromatic rings. The molecule has 0 aromatic heterocycles. The van der Waals surface area contributed by atoms with Crippen molar-refractivity contribution in [3.63, 3.8) is 0 Å². The smallest absolute Gasteiger partial charge is 0.306 e. The van der Waals surface area contributed by atoms with Gasteiger partial charge in [-0.15, -0.1) is 0 Å². The van der Waals surface area contributed by atoms with Gasteiger partial charge in [-0.3, -0.25) is 9.59 Å². The van der Waals surface area contributed by atoms with Crippen molar-refractivity contribution < 1.29 is 42.9 Å². The molecule has 0 aromatic carbocycles. The summed E-state index contributed by atoms with van der Waals surface area (Å²) in [7, 11) is 5.91. The molecule has 0 heterocycles. The second-order valence-corrected chi connectivity index (χ2v) is 19.8. The second-order valence-electron chi connectivity index (χ2n) is 19.8. The number of carbonyl (C=O) groups is 3. The monoisotopic (exact) mass is 968 g/mol. The summed E-state index contributed by atoms with van der Waals surface area (Å²) >= 11 is 0. The van der Waals surface area contributed by atoms with Crippen LogP contribution in [0.15, 0.2) is 72.9 Å². The zero-order valence-electron chi connectivity index (χ0n) is 45.2. The van der Waals surface area contributed by atoms with E-state index < -0.39 is 24.3 Å². The summed E-state index contributed by atoms with van der Waals surface area (Å²) in [5, 5.41) is 11.8. The molecule has 0 rings (SSSR count). The molecule has 2 unspecified atom stereocenters. The Hall–Kier alpha value is -3.27. The molecular weight excluding hydrogens is 863 g/mol. The molecule has 9 heteroatoms. The quantitative estimate of drug-likeness (QED) is 0.0195. The van der Waals surface area contributed by atoms with Crippen molar-refractivity contribution in [3.05, 3.63) is 72.9 Å². The Kier molecular flexibility index (Phi) is 48.7. The van der Waals surface area contributed by atoms with Crippen LogP contribution >= 0.6 is 0 Å². The fourth-order valence-corrected chi connectivity index (χ4v) is 7.62. The predicted molar refractivity (Wildman–Crippen MR) is 288 cm³/mol. The maximum Gasteiger partial charge on any atom is 0.306 e. The number of carboxylic acid groups (broad SMARTS) is 1. The Labute approximate surface area is 424 Å². The minimum atomic E-state index is -1.63. The van der Waals surface area contributed by atoms with E-state index in [4.69, 9.17) is 18.9 Å². The van der Waals surface area contributed by atoms with E-state index in [1.54, 1.807) is 0 Å². The van der Waals surface area contributed by atoms with Gasteiger partial charge in [-0.05, 0) is 83.5 Å². The van der Waals surface area contributed by atoms with Crippen molar-refractivity contribution in [1.29, 1.82) is 0 Å². The van der Waals surface area contributed by atoms with Crippen molar-refractivity contribution in [1.82, 2.24) is 0 Å². The third-order valence-corrected chi connectivity index (χ3v) is 11.9. The van der Waals surface area contributed by atoms with Gasteiger partial charge in [0.1, 0.15) is 13.2 Å². The van der Waals surface area contributed by atoms with Crippen LogP contribution in [0.25, 0.3) is 0 Å². The number of allylic oxidation sites excluding steroid dienone is 12. The Morgan fingerprint density at radius 3 is 1.23 bits per heavy atom. The number of quaternary nitrogens is 1. The van der Waals surface area contributed by atoms with Gasteiger partial charge in [0.2, 0.25) is 0 Å². The molecule has 0 spiro atoms. The van der Waals surface area contributed by atoms with Gasteiger partial charge in [-0.2, -0.15) is 0 Å². The number of aliphatic carboxylic acids is 1. The summed E-state index contributed by atoms with van der Waals surface area (Å²) in [6.07, 6.45) is 62.2. The van der Waals surface area contributed by atoms with E-state index in [1.807, 2.05) is 21.1 Å². The van der Waals surface area contributed by atoms with E-state index >= 15 is 0 Å². The van der Waals surface area contributed by atoms with E-state index in [-0.39, 0.29) is 38.6 Å². The average Bonchev–Trinajstić information content (AvgIpc) is 3.31. The van der Waals surface area contributed by atoms with Crippen LogP contribution in [-0.2, 0) is 33.3 Å². The van der Waals surface area contributed by atoms with E-state index in [9.17, 15) is 19.5 Å². The molecule has 0 saturated carbocycles. The van der Waals surface area contributed by atoms with E-state index in [1.165, 1.54) is 122 Å². The van der Waals surface area contributed by atoms with Crippen molar-refractivity contribution in [3.8, 4) is 0 Å². The first kappa shape index (κ1) is 65.7. The molecule has 0 aliphatic rings. The first-order valence-electron chi connectivity index (χ1n) is 28.1. The normalized spacial score (nSPS) is 13.3. The molecule has 0 saturated heterocycles. The third kappa shape index (κ3) is 52.4. The second kappa shape index (κ2) is 51.1. The maximum atomic E-state index is 12.8. The summed E-state index contributed by atoms with van der Waals surface area (Å²) in [6, 6.07) is 0.